The molecule has 1 aromatic heterocycles. The SMILES string of the molecule is O=c1c2ccccc2nc(CCc2ccccc2)n1-c1ccc(C(O)(C(F)(F)F)C(F)(F)F)cc1. The molecule has 4 rings (SSSR count). The van der Waals surface area contributed by atoms with Gasteiger partial charge in [-0.05, 0) is 36.2 Å². The van der Waals surface area contributed by atoms with E-state index < -0.39 is 29.1 Å². The second-order valence-electron chi connectivity index (χ2n) is 7.92. The van der Waals surface area contributed by atoms with Crippen LogP contribution in [0.15, 0.2) is 83.7 Å². The first-order valence-corrected chi connectivity index (χ1v) is 10.4. The molecule has 0 unspecified atom stereocenters. The monoisotopic (exact) mass is 492 g/mol. The molecule has 1 heterocycles. The Hall–Kier alpha value is -3.66. The van der Waals surface area contributed by atoms with E-state index in [-0.39, 0.29) is 23.3 Å². The summed E-state index contributed by atoms with van der Waals surface area (Å²) >= 11 is 0. The summed E-state index contributed by atoms with van der Waals surface area (Å²) in [4.78, 5) is 17.8. The quantitative estimate of drug-likeness (QED) is 0.376. The summed E-state index contributed by atoms with van der Waals surface area (Å²) in [5, 5.41) is 9.89. The molecule has 3 aromatic carbocycles. The van der Waals surface area contributed by atoms with Crippen molar-refractivity contribution in [3.8, 4) is 5.69 Å². The number of fused-ring (bicyclic) bond motifs is 1. The maximum absolute atomic E-state index is 13.3. The summed E-state index contributed by atoms with van der Waals surface area (Å²) in [6.45, 7) is 0. The van der Waals surface area contributed by atoms with Crippen molar-refractivity contribution in [2.24, 2.45) is 0 Å². The fourth-order valence-electron chi connectivity index (χ4n) is 3.85. The van der Waals surface area contributed by atoms with Gasteiger partial charge in [-0.15, -0.1) is 0 Å². The molecule has 182 valence electrons. The van der Waals surface area contributed by atoms with Gasteiger partial charge < -0.3 is 5.11 Å². The molecule has 0 aliphatic rings. The maximum Gasteiger partial charge on any atom is 0.430 e. The van der Waals surface area contributed by atoms with Gasteiger partial charge in [0.1, 0.15) is 5.82 Å². The van der Waals surface area contributed by atoms with E-state index in [1.54, 1.807) is 18.2 Å². The fourth-order valence-corrected chi connectivity index (χ4v) is 3.85. The highest BCUT2D eigenvalue weighted by Gasteiger charge is 2.71. The summed E-state index contributed by atoms with van der Waals surface area (Å²) in [6.07, 6.45) is -11.2. The Balaban J connectivity index is 1.83. The minimum Gasteiger partial charge on any atom is -0.369 e. The summed E-state index contributed by atoms with van der Waals surface area (Å²) in [5.74, 6) is 0.284. The normalized spacial score (nSPS) is 12.8. The van der Waals surface area contributed by atoms with E-state index in [4.69, 9.17) is 0 Å². The molecule has 0 fully saturated rings. The number of rotatable bonds is 5. The minimum absolute atomic E-state index is 0.0202. The predicted octanol–water partition coefficient (Wildman–Crippen LogP) is 5.48. The van der Waals surface area contributed by atoms with Gasteiger partial charge in [0.25, 0.3) is 11.2 Å². The van der Waals surface area contributed by atoms with Gasteiger partial charge in [0, 0.05) is 12.0 Å². The zero-order valence-corrected chi connectivity index (χ0v) is 17.9. The van der Waals surface area contributed by atoms with Crippen LogP contribution in [0.1, 0.15) is 17.0 Å². The van der Waals surface area contributed by atoms with Crippen LogP contribution in [0.5, 0.6) is 0 Å². The van der Waals surface area contributed by atoms with Crippen LogP contribution in [0.3, 0.4) is 0 Å². The third-order valence-corrected chi connectivity index (χ3v) is 5.69. The van der Waals surface area contributed by atoms with Gasteiger partial charge in [-0.1, -0.05) is 54.6 Å². The number of alkyl halides is 6. The molecule has 0 radical (unpaired) electrons. The molecule has 4 nitrogen and oxygen atoms in total. The predicted molar refractivity (Wildman–Crippen MR) is 117 cm³/mol. The number of nitrogens with zero attached hydrogens (tertiary/aromatic N) is 2. The second kappa shape index (κ2) is 8.84. The molecule has 0 aliphatic heterocycles. The van der Waals surface area contributed by atoms with Crippen LogP contribution in [-0.4, -0.2) is 27.0 Å². The lowest BCUT2D eigenvalue weighted by molar-refractivity contribution is -0.376. The molecule has 0 aliphatic carbocycles. The average molecular weight is 492 g/mol. The molecule has 0 spiro atoms. The van der Waals surface area contributed by atoms with Crippen LogP contribution in [0, 0.1) is 0 Å². The van der Waals surface area contributed by atoms with E-state index in [2.05, 4.69) is 4.98 Å². The fraction of sp³-hybridized carbons (Fsp3) is 0.200. The van der Waals surface area contributed by atoms with Crippen molar-refractivity contribution in [2.75, 3.05) is 0 Å². The Morgan fingerprint density at radius 2 is 1.31 bits per heavy atom. The van der Waals surface area contributed by atoms with Crippen LogP contribution in [0.4, 0.5) is 26.3 Å². The van der Waals surface area contributed by atoms with Crippen LogP contribution in [0.2, 0.25) is 0 Å². The van der Waals surface area contributed by atoms with Gasteiger partial charge in [-0.3, -0.25) is 9.36 Å². The first-order chi connectivity index (χ1) is 16.4. The maximum atomic E-state index is 13.3. The number of halogens is 6. The Morgan fingerprint density at radius 3 is 1.91 bits per heavy atom. The van der Waals surface area contributed by atoms with Crippen LogP contribution < -0.4 is 5.56 Å². The van der Waals surface area contributed by atoms with Crippen molar-refractivity contribution in [3.63, 3.8) is 0 Å². The standard InChI is InChI=1S/C25H18F6N2O2/c26-24(27,28)23(35,25(29,30)31)17-11-13-18(14-12-17)33-21(15-10-16-6-2-1-3-7-16)32-20-9-5-4-8-19(20)22(33)34/h1-9,11-14,35H,10,15H2. The topological polar surface area (TPSA) is 55.1 Å². The zero-order chi connectivity index (χ0) is 25.4. The summed E-state index contributed by atoms with van der Waals surface area (Å²) in [7, 11) is 0. The third kappa shape index (κ3) is 4.41. The zero-order valence-electron chi connectivity index (χ0n) is 17.9. The Labute approximate surface area is 195 Å². The van der Waals surface area contributed by atoms with Gasteiger partial charge in [0.15, 0.2) is 0 Å². The number of hydrogen-bond donors (Lipinski definition) is 1. The first-order valence-electron chi connectivity index (χ1n) is 10.4. The number of aliphatic hydroxyl groups is 1. The molecule has 0 saturated heterocycles. The summed E-state index contributed by atoms with van der Waals surface area (Å²) in [6, 6.07) is 18.7. The van der Waals surface area contributed by atoms with Crippen LogP contribution in [0.25, 0.3) is 16.6 Å². The highest BCUT2D eigenvalue weighted by Crippen LogP contribution is 2.50. The lowest BCUT2D eigenvalue weighted by atomic mass is 9.92. The highest BCUT2D eigenvalue weighted by atomic mass is 19.4. The lowest BCUT2D eigenvalue weighted by Crippen LogP contribution is -2.53. The number of aromatic nitrogens is 2. The van der Waals surface area contributed by atoms with Crippen LogP contribution >= 0.6 is 0 Å². The number of para-hydroxylation sites is 1. The Morgan fingerprint density at radius 1 is 0.743 bits per heavy atom. The van der Waals surface area contributed by atoms with Crippen molar-refractivity contribution >= 4 is 10.9 Å². The van der Waals surface area contributed by atoms with E-state index >= 15 is 0 Å². The third-order valence-electron chi connectivity index (χ3n) is 5.69. The molecule has 10 heteroatoms. The van der Waals surface area contributed by atoms with E-state index in [9.17, 15) is 36.2 Å². The van der Waals surface area contributed by atoms with Crippen molar-refractivity contribution in [2.45, 2.75) is 30.8 Å². The highest BCUT2D eigenvalue weighted by molar-refractivity contribution is 5.77. The Kier molecular flexibility index (Phi) is 6.18. The van der Waals surface area contributed by atoms with Crippen molar-refractivity contribution < 1.29 is 31.4 Å². The second-order valence-corrected chi connectivity index (χ2v) is 7.92. The van der Waals surface area contributed by atoms with Crippen molar-refractivity contribution in [3.05, 3.63) is 106 Å². The average Bonchev–Trinajstić information content (AvgIpc) is 2.82. The van der Waals surface area contributed by atoms with Gasteiger partial charge in [0.05, 0.1) is 16.6 Å². The van der Waals surface area contributed by atoms with E-state index in [1.165, 1.54) is 6.07 Å². The molecule has 35 heavy (non-hydrogen) atoms. The van der Waals surface area contributed by atoms with Crippen molar-refractivity contribution in [1.29, 1.82) is 0 Å². The van der Waals surface area contributed by atoms with Gasteiger partial charge in [-0.2, -0.15) is 26.3 Å². The number of aryl methyl sites for hydroxylation is 2. The molecule has 1 N–H and O–H groups in total. The van der Waals surface area contributed by atoms with Gasteiger partial charge >= 0.3 is 12.4 Å². The number of hydrogen-bond acceptors (Lipinski definition) is 3. The largest absolute Gasteiger partial charge is 0.430 e. The first kappa shape index (κ1) is 24.5. The molecule has 0 atom stereocenters. The van der Waals surface area contributed by atoms with E-state index in [0.717, 1.165) is 22.3 Å². The number of benzene rings is 3. The van der Waals surface area contributed by atoms with Gasteiger partial charge in [0.2, 0.25) is 0 Å². The Bertz CT molecular complexity index is 1380. The van der Waals surface area contributed by atoms with E-state index in [1.807, 2.05) is 30.3 Å². The lowest BCUT2D eigenvalue weighted by Gasteiger charge is -2.32. The van der Waals surface area contributed by atoms with Crippen LogP contribution in [-0.2, 0) is 18.4 Å². The molecular formula is C25H18F6N2O2. The molecule has 4 aromatic rings. The molecular weight excluding hydrogens is 474 g/mol. The molecule has 0 amide bonds. The molecule has 0 saturated carbocycles. The summed E-state index contributed by atoms with van der Waals surface area (Å²) in [5.41, 5.74) is -5.59. The van der Waals surface area contributed by atoms with Gasteiger partial charge in [-0.25, -0.2) is 4.98 Å². The van der Waals surface area contributed by atoms with Crippen molar-refractivity contribution in [1.82, 2.24) is 9.55 Å². The smallest absolute Gasteiger partial charge is 0.369 e. The minimum atomic E-state index is -6.01. The molecule has 0 bridgehead atoms. The summed E-state index contributed by atoms with van der Waals surface area (Å²) < 4.78 is 80.6. The van der Waals surface area contributed by atoms with E-state index in [0.29, 0.717) is 24.1 Å².